The maximum Gasteiger partial charge on any atom is 0.271 e. The first-order valence-electron chi connectivity index (χ1n) is 10.6. The van der Waals surface area contributed by atoms with E-state index >= 15 is 0 Å². The fraction of sp³-hybridized carbons (Fsp3) is 0.231. The molecule has 166 valence electrons. The number of nitrogens with one attached hydrogen (secondary N) is 1. The van der Waals surface area contributed by atoms with Crippen molar-refractivity contribution in [2.45, 2.75) is 26.2 Å². The van der Waals surface area contributed by atoms with Crippen molar-refractivity contribution in [2.24, 2.45) is 5.10 Å². The fourth-order valence-electron chi connectivity index (χ4n) is 3.01. The van der Waals surface area contributed by atoms with Gasteiger partial charge in [-0.3, -0.25) is 4.79 Å². The number of hydrogen-bond donors (Lipinski definition) is 1. The Bertz CT molecular complexity index is 1040. The fourth-order valence-corrected chi connectivity index (χ4v) is 3.38. The highest BCUT2D eigenvalue weighted by atomic mass is 79.9. The molecule has 0 heterocycles. The van der Waals surface area contributed by atoms with Gasteiger partial charge >= 0.3 is 0 Å². The standard InChI is InChI=1S/C26H27BrN2O3/c1-3-19(2)20-9-12-24(13-10-20)31-15-16-32-25-14-11-23(27)17-22(25)18-28-29-26(30)21-7-5-4-6-8-21/h4-14,17-19H,3,15-16H2,1-2H3,(H,29,30)/b28-18-/t19-/m1/s1. The van der Waals surface area contributed by atoms with Crippen LogP contribution < -0.4 is 14.9 Å². The molecule has 0 bridgehead atoms. The number of amides is 1. The molecule has 6 heteroatoms. The average molecular weight is 495 g/mol. The monoisotopic (exact) mass is 494 g/mol. The molecule has 1 N–H and O–H groups in total. The summed E-state index contributed by atoms with van der Waals surface area (Å²) in [6, 6.07) is 22.8. The quantitative estimate of drug-likeness (QED) is 0.208. The second kappa shape index (κ2) is 12.1. The number of benzene rings is 3. The van der Waals surface area contributed by atoms with E-state index in [-0.39, 0.29) is 5.91 Å². The molecule has 1 amide bonds. The van der Waals surface area contributed by atoms with Crippen molar-refractivity contribution in [1.82, 2.24) is 5.43 Å². The molecule has 0 aliphatic carbocycles. The first-order valence-corrected chi connectivity index (χ1v) is 11.4. The molecular weight excluding hydrogens is 468 g/mol. The smallest absolute Gasteiger partial charge is 0.271 e. The zero-order chi connectivity index (χ0) is 22.8. The normalized spacial score (nSPS) is 11.8. The van der Waals surface area contributed by atoms with Crippen LogP contribution in [0.3, 0.4) is 0 Å². The zero-order valence-electron chi connectivity index (χ0n) is 18.3. The zero-order valence-corrected chi connectivity index (χ0v) is 19.8. The number of carbonyl (C=O) groups excluding carboxylic acids is 1. The van der Waals surface area contributed by atoms with E-state index in [2.05, 4.69) is 52.4 Å². The van der Waals surface area contributed by atoms with Crippen LogP contribution in [0.5, 0.6) is 11.5 Å². The van der Waals surface area contributed by atoms with Gasteiger partial charge in [0.15, 0.2) is 0 Å². The lowest BCUT2D eigenvalue weighted by atomic mass is 9.99. The predicted octanol–water partition coefficient (Wildman–Crippen LogP) is 6.18. The molecule has 3 rings (SSSR count). The molecule has 5 nitrogen and oxygen atoms in total. The SMILES string of the molecule is CC[C@@H](C)c1ccc(OCCOc2ccc(Br)cc2/C=N\NC(=O)c2ccccc2)cc1. The number of halogens is 1. The van der Waals surface area contributed by atoms with Crippen LogP contribution in [0.1, 0.15) is 47.7 Å². The van der Waals surface area contributed by atoms with Gasteiger partial charge in [0.2, 0.25) is 0 Å². The van der Waals surface area contributed by atoms with Gasteiger partial charge in [0.25, 0.3) is 5.91 Å². The summed E-state index contributed by atoms with van der Waals surface area (Å²) < 4.78 is 12.6. The van der Waals surface area contributed by atoms with Crippen LogP contribution >= 0.6 is 15.9 Å². The molecule has 3 aromatic carbocycles. The Kier molecular flexibility index (Phi) is 8.87. The molecule has 0 fully saturated rings. The predicted molar refractivity (Wildman–Crippen MR) is 132 cm³/mol. The van der Waals surface area contributed by atoms with Gasteiger partial charge < -0.3 is 9.47 Å². The minimum absolute atomic E-state index is 0.271. The van der Waals surface area contributed by atoms with Crippen molar-refractivity contribution in [3.05, 3.63) is 94.0 Å². The van der Waals surface area contributed by atoms with Crippen molar-refractivity contribution in [3.63, 3.8) is 0 Å². The maximum absolute atomic E-state index is 12.1. The van der Waals surface area contributed by atoms with Gasteiger partial charge in [-0.05, 0) is 60.4 Å². The summed E-state index contributed by atoms with van der Waals surface area (Å²) in [5, 5.41) is 4.07. The Morgan fingerprint density at radius 1 is 1.03 bits per heavy atom. The third-order valence-electron chi connectivity index (χ3n) is 5.05. The summed E-state index contributed by atoms with van der Waals surface area (Å²) in [6.45, 7) is 5.20. The van der Waals surface area contributed by atoms with Crippen molar-refractivity contribution < 1.29 is 14.3 Å². The lowest BCUT2D eigenvalue weighted by molar-refractivity contribution is 0.0955. The number of hydrogen-bond acceptors (Lipinski definition) is 4. The summed E-state index contributed by atoms with van der Waals surface area (Å²) >= 11 is 3.46. The van der Waals surface area contributed by atoms with Crippen molar-refractivity contribution in [2.75, 3.05) is 13.2 Å². The van der Waals surface area contributed by atoms with E-state index in [4.69, 9.17) is 9.47 Å². The van der Waals surface area contributed by atoms with Crippen LogP contribution in [0.15, 0.2) is 82.4 Å². The van der Waals surface area contributed by atoms with Crippen LogP contribution in [0.25, 0.3) is 0 Å². The molecule has 0 saturated heterocycles. The third-order valence-corrected chi connectivity index (χ3v) is 5.54. The van der Waals surface area contributed by atoms with Gasteiger partial charge in [0.1, 0.15) is 24.7 Å². The van der Waals surface area contributed by atoms with Crippen LogP contribution in [0.2, 0.25) is 0 Å². The molecule has 0 unspecified atom stereocenters. The first kappa shape index (κ1) is 23.5. The average Bonchev–Trinajstić information content (AvgIpc) is 2.83. The number of nitrogens with zero attached hydrogens (tertiary/aromatic N) is 1. The number of hydrazone groups is 1. The van der Waals surface area contributed by atoms with Crippen molar-refractivity contribution in [1.29, 1.82) is 0 Å². The Balaban J connectivity index is 1.53. The van der Waals surface area contributed by atoms with Gasteiger partial charge in [-0.15, -0.1) is 0 Å². The van der Waals surface area contributed by atoms with E-state index in [0.717, 1.165) is 22.2 Å². The number of rotatable bonds is 10. The largest absolute Gasteiger partial charge is 0.490 e. The molecule has 0 spiro atoms. The van der Waals surface area contributed by atoms with Crippen LogP contribution in [0.4, 0.5) is 0 Å². The summed E-state index contributed by atoms with van der Waals surface area (Å²) in [6.07, 6.45) is 2.68. The lowest BCUT2D eigenvalue weighted by Crippen LogP contribution is -2.17. The van der Waals surface area contributed by atoms with Gasteiger partial charge in [-0.1, -0.05) is 60.1 Å². The topological polar surface area (TPSA) is 59.9 Å². The van der Waals surface area contributed by atoms with E-state index < -0.39 is 0 Å². The Hall–Kier alpha value is -3.12. The molecule has 3 aromatic rings. The summed E-state index contributed by atoms with van der Waals surface area (Å²) in [5.74, 6) is 1.75. The molecule has 0 aliphatic heterocycles. The van der Waals surface area contributed by atoms with Crippen molar-refractivity contribution in [3.8, 4) is 11.5 Å². The van der Waals surface area contributed by atoms with Crippen LogP contribution in [-0.4, -0.2) is 25.3 Å². The minimum atomic E-state index is -0.271. The minimum Gasteiger partial charge on any atom is -0.490 e. The summed E-state index contributed by atoms with van der Waals surface area (Å²) in [5.41, 5.74) is 5.14. The van der Waals surface area contributed by atoms with E-state index in [1.165, 1.54) is 5.56 Å². The van der Waals surface area contributed by atoms with E-state index in [9.17, 15) is 4.79 Å². The second-order valence-electron chi connectivity index (χ2n) is 7.32. The molecule has 0 aromatic heterocycles. The highest BCUT2D eigenvalue weighted by Gasteiger charge is 2.06. The third kappa shape index (κ3) is 6.95. The van der Waals surface area contributed by atoms with Gasteiger partial charge in [-0.2, -0.15) is 5.10 Å². The van der Waals surface area contributed by atoms with Gasteiger partial charge in [0.05, 0.1) is 6.21 Å². The summed E-state index contributed by atoms with van der Waals surface area (Å²) in [7, 11) is 0. The lowest BCUT2D eigenvalue weighted by Gasteiger charge is -2.12. The Morgan fingerprint density at radius 2 is 1.75 bits per heavy atom. The number of carbonyl (C=O) groups is 1. The van der Waals surface area contributed by atoms with Gasteiger partial charge in [0, 0.05) is 15.6 Å². The molecule has 1 atom stereocenters. The van der Waals surface area contributed by atoms with E-state index in [1.807, 2.05) is 36.4 Å². The number of ether oxygens (including phenoxy) is 2. The molecule has 0 aliphatic rings. The molecule has 0 saturated carbocycles. The van der Waals surface area contributed by atoms with Crippen LogP contribution in [0, 0.1) is 0 Å². The second-order valence-corrected chi connectivity index (χ2v) is 8.24. The van der Waals surface area contributed by atoms with Crippen LogP contribution in [-0.2, 0) is 0 Å². The molecule has 0 radical (unpaired) electrons. The van der Waals surface area contributed by atoms with Crippen molar-refractivity contribution >= 4 is 28.1 Å². The Morgan fingerprint density at radius 3 is 2.47 bits per heavy atom. The molecular formula is C26H27BrN2O3. The first-order chi connectivity index (χ1) is 15.6. The summed E-state index contributed by atoms with van der Waals surface area (Å²) in [4.78, 5) is 12.1. The maximum atomic E-state index is 12.1. The molecule has 32 heavy (non-hydrogen) atoms. The van der Waals surface area contributed by atoms with Gasteiger partial charge in [-0.25, -0.2) is 5.43 Å². The Labute approximate surface area is 197 Å². The highest BCUT2D eigenvalue weighted by molar-refractivity contribution is 9.10. The van der Waals surface area contributed by atoms with E-state index in [0.29, 0.717) is 30.4 Å². The van der Waals surface area contributed by atoms with E-state index in [1.54, 1.807) is 30.5 Å². The highest BCUT2D eigenvalue weighted by Crippen LogP contribution is 2.23.